The number of nitrogens with one attached hydrogen (secondary N) is 1. The van der Waals surface area contributed by atoms with Crippen molar-refractivity contribution in [1.82, 2.24) is 14.5 Å². The molecule has 3 rings (SSSR count). The van der Waals surface area contributed by atoms with Crippen molar-refractivity contribution in [3.63, 3.8) is 0 Å². The highest BCUT2D eigenvalue weighted by atomic mass is 32.2. The average molecular weight is 423 g/mol. The Morgan fingerprint density at radius 3 is 2.38 bits per heavy atom. The van der Waals surface area contributed by atoms with Crippen LogP contribution in [0.2, 0.25) is 0 Å². The second kappa shape index (κ2) is 8.18. The summed E-state index contributed by atoms with van der Waals surface area (Å²) in [5, 5.41) is 4.20. The van der Waals surface area contributed by atoms with E-state index in [1.807, 2.05) is 30.3 Å². The van der Waals surface area contributed by atoms with Crippen molar-refractivity contribution in [3.8, 4) is 11.3 Å². The van der Waals surface area contributed by atoms with Gasteiger partial charge in [0.1, 0.15) is 0 Å². The average Bonchev–Trinajstić information content (AvgIpc) is 2.69. The van der Waals surface area contributed by atoms with E-state index in [4.69, 9.17) is 0 Å². The first-order valence-electron chi connectivity index (χ1n) is 8.47. The fraction of sp³-hybridized carbons (Fsp3) is 0.158. The Kier molecular flexibility index (Phi) is 5.85. The van der Waals surface area contributed by atoms with Gasteiger partial charge in [-0.2, -0.15) is 18.3 Å². The van der Waals surface area contributed by atoms with E-state index in [1.165, 1.54) is 6.07 Å². The molecule has 0 saturated heterocycles. The summed E-state index contributed by atoms with van der Waals surface area (Å²) in [7, 11) is -4.18. The summed E-state index contributed by atoms with van der Waals surface area (Å²) in [4.78, 5) is 11.5. The lowest BCUT2D eigenvalue weighted by Gasteiger charge is -2.11. The molecular formula is C19H16F3N3O3S. The Morgan fingerprint density at radius 2 is 1.69 bits per heavy atom. The topological polar surface area (TPSA) is 81.1 Å². The van der Waals surface area contributed by atoms with E-state index >= 15 is 0 Å². The molecule has 1 heterocycles. The van der Waals surface area contributed by atoms with Crippen molar-refractivity contribution in [2.45, 2.75) is 17.6 Å². The molecule has 2 aromatic carbocycles. The van der Waals surface area contributed by atoms with Crippen molar-refractivity contribution < 1.29 is 21.6 Å². The summed E-state index contributed by atoms with van der Waals surface area (Å²) in [6.45, 7) is -0.304. The van der Waals surface area contributed by atoms with E-state index in [0.29, 0.717) is 11.8 Å². The lowest BCUT2D eigenvalue weighted by atomic mass is 10.1. The first-order valence-corrected chi connectivity index (χ1v) is 9.96. The van der Waals surface area contributed by atoms with Crippen LogP contribution in [0.1, 0.15) is 5.56 Å². The van der Waals surface area contributed by atoms with Crippen LogP contribution in [0.4, 0.5) is 13.2 Å². The third kappa shape index (κ3) is 5.09. The summed E-state index contributed by atoms with van der Waals surface area (Å²) < 4.78 is 66.2. The monoisotopic (exact) mass is 423 g/mol. The van der Waals surface area contributed by atoms with Crippen LogP contribution >= 0.6 is 0 Å². The molecule has 1 N–H and O–H groups in total. The molecule has 0 unspecified atom stereocenters. The molecule has 0 atom stereocenters. The van der Waals surface area contributed by atoms with Crippen LogP contribution in [0.25, 0.3) is 11.3 Å². The number of hydrogen-bond acceptors (Lipinski definition) is 4. The predicted molar refractivity (Wildman–Crippen MR) is 101 cm³/mol. The number of rotatable bonds is 6. The zero-order chi connectivity index (χ0) is 21.1. The fourth-order valence-electron chi connectivity index (χ4n) is 2.58. The molecule has 1 aromatic heterocycles. The number of sulfonamides is 1. The number of aromatic nitrogens is 2. The van der Waals surface area contributed by atoms with Gasteiger partial charge in [0, 0.05) is 18.2 Å². The van der Waals surface area contributed by atoms with E-state index in [-0.39, 0.29) is 13.1 Å². The van der Waals surface area contributed by atoms with Gasteiger partial charge in [0.2, 0.25) is 10.0 Å². The molecule has 0 aliphatic heterocycles. The number of alkyl halides is 3. The fourth-order valence-corrected chi connectivity index (χ4v) is 3.65. The molecule has 6 nitrogen and oxygen atoms in total. The number of nitrogens with zero attached hydrogens (tertiary/aromatic N) is 2. The minimum atomic E-state index is -4.65. The Balaban J connectivity index is 1.74. The lowest BCUT2D eigenvalue weighted by Crippen LogP contribution is -2.32. The largest absolute Gasteiger partial charge is 0.416 e. The highest BCUT2D eigenvalue weighted by molar-refractivity contribution is 7.89. The van der Waals surface area contributed by atoms with Gasteiger partial charge in [0.05, 0.1) is 22.7 Å². The number of halogens is 3. The van der Waals surface area contributed by atoms with Crippen LogP contribution in [0.5, 0.6) is 0 Å². The van der Waals surface area contributed by atoms with Crippen LogP contribution in [0.3, 0.4) is 0 Å². The minimum Gasteiger partial charge on any atom is -0.268 e. The second-order valence-electron chi connectivity index (χ2n) is 6.07. The van der Waals surface area contributed by atoms with Gasteiger partial charge in [-0.1, -0.05) is 36.4 Å². The number of hydrogen-bond donors (Lipinski definition) is 1. The molecule has 0 aliphatic rings. The Morgan fingerprint density at radius 1 is 0.966 bits per heavy atom. The van der Waals surface area contributed by atoms with Gasteiger partial charge >= 0.3 is 6.18 Å². The van der Waals surface area contributed by atoms with Gasteiger partial charge in [-0.3, -0.25) is 4.79 Å². The maximum atomic E-state index is 12.8. The third-order valence-electron chi connectivity index (χ3n) is 4.02. The van der Waals surface area contributed by atoms with E-state index in [9.17, 15) is 26.4 Å². The molecule has 0 radical (unpaired) electrons. The van der Waals surface area contributed by atoms with Crippen molar-refractivity contribution >= 4 is 10.0 Å². The van der Waals surface area contributed by atoms with Crippen molar-refractivity contribution in [2.75, 3.05) is 6.54 Å². The smallest absolute Gasteiger partial charge is 0.268 e. The summed E-state index contributed by atoms with van der Waals surface area (Å²) in [6.07, 6.45) is -4.65. The molecule has 0 amide bonds. The molecule has 10 heteroatoms. The molecule has 0 aliphatic carbocycles. The maximum absolute atomic E-state index is 12.8. The Hall–Kier alpha value is -2.98. The van der Waals surface area contributed by atoms with Crippen LogP contribution < -0.4 is 10.3 Å². The second-order valence-corrected chi connectivity index (χ2v) is 7.84. The van der Waals surface area contributed by atoms with Crippen LogP contribution in [-0.4, -0.2) is 24.7 Å². The standard InChI is InChI=1S/C19H16F3N3O3S/c20-19(21,22)15-7-4-8-16(13-15)29(27,28)23-11-12-25-18(26)10-9-17(24-25)14-5-2-1-3-6-14/h1-10,13,23H,11-12H2. The number of benzene rings is 2. The van der Waals surface area contributed by atoms with Crippen molar-refractivity contribution in [3.05, 3.63) is 82.6 Å². The summed E-state index contributed by atoms with van der Waals surface area (Å²) in [5.41, 5.74) is -0.173. The zero-order valence-electron chi connectivity index (χ0n) is 14.9. The van der Waals surface area contributed by atoms with Gasteiger partial charge in [0.15, 0.2) is 0 Å². The third-order valence-corrected chi connectivity index (χ3v) is 5.48. The quantitative estimate of drug-likeness (QED) is 0.661. The first-order chi connectivity index (χ1) is 13.7. The molecular weight excluding hydrogens is 407 g/mol. The highest BCUT2D eigenvalue weighted by Gasteiger charge is 2.31. The van der Waals surface area contributed by atoms with Crippen LogP contribution in [0.15, 0.2) is 76.4 Å². The van der Waals surface area contributed by atoms with Gasteiger partial charge in [0.25, 0.3) is 5.56 Å². The van der Waals surface area contributed by atoms with Crippen LogP contribution in [-0.2, 0) is 22.7 Å². The Labute approximate surface area is 164 Å². The van der Waals surface area contributed by atoms with E-state index in [1.54, 1.807) is 6.07 Å². The van der Waals surface area contributed by atoms with Crippen molar-refractivity contribution in [1.29, 1.82) is 0 Å². The summed E-state index contributed by atoms with van der Waals surface area (Å²) in [6, 6.07) is 15.4. The molecule has 0 fully saturated rings. The normalized spacial score (nSPS) is 12.1. The van der Waals surface area contributed by atoms with Gasteiger partial charge in [-0.05, 0) is 24.3 Å². The van der Waals surface area contributed by atoms with Gasteiger partial charge in [-0.15, -0.1) is 0 Å². The van der Waals surface area contributed by atoms with E-state index < -0.39 is 32.2 Å². The predicted octanol–water partition coefficient (Wildman–Crippen LogP) is 2.91. The molecule has 152 valence electrons. The summed E-state index contributed by atoms with van der Waals surface area (Å²) in [5.74, 6) is 0. The minimum absolute atomic E-state index is 0.0856. The first kappa shape index (κ1) is 20.7. The van der Waals surface area contributed by atoms with E-state index in [2.05, 4.69) is 9.82 Å². The maximum Gasteiger partial charge on any atom is 0.416 e. The molecule has 0 spiro atoms. The highest BCUT2D eigenvalue weighted by Crippen LogP contribution is 2.30. The molecule has 0 saturated carbocycles. The van der Waals surface area contributed by atoms with Crippen molar-refractivity contribution in [2.24, 2.45) is 0 Å². The molecule has 0 bridgehead atoms. The Bertz CT molecular complexity index is 1160. The SMILES string of the molecule is O=c1ccc(-c2ccccc2)nn1CCNS(=O)(=O)c1cccc(C(F)(F)F)c1. The lowest BCUT2D eigenvalue weighted by molar-refractivity contribution is -0.137. The molecule has 29 heavy (non-hydrogen) atoms. The molecule has 3 aromatic rings. The van der Waals surface area contributed by atoms with Gasteiger partial charge < -0.3 is 0 Å². The van der Waals surface area contributed by atoms with E-state index in [0.717, 1.165) is 28.4 Å². The van der Waals surface area contributed by atoms with Crippen LogP contribution in [0, 0.1) is 0 Å². The zero-order valence-corrected chi connectivity index (χ0v) is 15.7. The summed E-state index contributed by atoms with van der Waals surface area (Å²) >= 11 is 0. The van der Waals surface area contributed by atoms with Gasteiger partial charge in [-0.25, -0.2) is 17.8 Å².